The fourth-order valence-electron chi connectivity index (χ4n) is 11.0. The highest BCUT2D eigenvalue weighted by atomic mass is 28.3. The van der Waals surface area contributed by atoms with Crippen LogP contribution in [0.25, 0.3) is 82.5 Å². The summed E-state index contributed by atoms with van der Waals surface area (Å²) in [7, 11) is -2.87. The molecule has 0 fully saturated rings. The Labute approximate surface area is 372 Å². The maximum Gasteiger partial charge on any atom is 0.180 e. The van der Waals surface area contributed by atoms with Crippen molar-refractivity contribution < 1.29 is 0 Å². The zero-order chi connectivity index (χ0) is 42.2. The Morgan fingerprint density at radius 3 is 1.31 bits per heavy atom. The average molecular weight is 832 g/mol. The standard InChI is InChI=1S/C60H41N3Si/c1-5-21-42(22-6-1)62-55-40-39-43(41-51(55)49-32-19-37-57(60(49)62)63-52-33-16-13-29-47(52)48-30-14-17-34-53(48)63)61-54-35-18-15-31-50(54)59-56(61)36-20-38-58(59)64(44-23-7-2-8-24-44,45-25-9-3-10-26-45)46-27-11-4-12-28-46/h1-41H. The maximum atomic E-state index is 2.51. The van der Waals surface area contributed by atoms with Crippen molar-refractivity contribution in [1.82, 2.24) is 13.7 Å². The summed E-state index contributed by atoms with van der Waals surface area (Å²) in [6.07, 6.45) is 0. The molecule has 0 aliphatic rings. The van der Waals surface area contributed by atoms with Gasteiger partial charge in [0.25, 0.3) is 0 Å². The Hall–Kier alpha value is -8.18. The quantitative estimate of drug-likeness (QED) is 0.112. The van der Waals surface area contributed by atoms with Gasteiger partial charge in [-0.25, -0.2) is 0 Å². The summed E-state index contributed by atoms with van der Waals surface area (Å²) in [5.74, 6) is 0. The molecule has 3 nitrogen and oxygen atoms in total. The van der Waals surface area contributed by atoms with E-state index < -0.39 is 8.07 Å². The normalized spacial score (nSPS) is 12.1. The number of hydrogen-bond donors (Lipinski definition) is 0. The molecular weight excluding hydrogens is 791 g/mol. The zero-order valence-corrected chi connectivity index (χ0v) is 36.0. The Bertz CT molecular complexity index is 3730. The third-order valence-electron chi connectivity index (χ3n) is 13.6. The van der Waals surface area contributed by atoms with Gasteiger partial charge in [-0.1, -0.05) is 188 Å². The van der Waals surface area contributed by atoms with Crippen molar-refractivity contribution in [2.75, 3.05) is 0 Å². The summed E-state index contributed by atoms with van der Waals surface area (Å²) < 4.78 is 7.44. The lowest BCUT2D eigenvalue weighted by Crippen LogP contribution is -2.74. The first kappa shape index (κ1) is 36.5. The van der Waals surface area contributed by atoms with Crippen LogP contribution in [0.3, 0.4) is 0 Å². The molecular formula is C60H41N3Si. The van der Waals surface area contributed by atoms with Crippen LogP contribution in [0.1, 0.15) is 0 Å². The van der Waals surface area contributed by atoms with E-state index in [4.69, 9.17) is 0 Å². The van der Waals surface area contributed by atoms with Gasteiger partial charge in [-0.15, -0.1) is 0 Å². The van der Waals surface area contributed by atoms with E-state index in [9.17, 15) is 0 Å². The van der Waals surface area contributed by atoms with E-state index in [0.29, 0.717) is 0 Å². The van der Waals surface area contributed by atoms with Gasteiger partial charge in [-0.2, -0.15) is 0 Å². The highest BCUT2D eigenvalue weighted by Crippen LogP contribution is 2.41. The van der Waals surface area contributed by atoms with E-state index >= 15 is 0 Å². The molecule has 0 spiro atoms. The zero-order valence-electron chi connectivity index (χ0n) is 35.0. The number of aromatic nitrogens is 3. The molecule has 10 aromatic carbocycles. The summed E-state index contributed by atoms with van der Waals surface area (Å²) in [6, 6.07) is 92.2. The van der Waals surface area contributed by atoms with Gasteiger partial charge >= 0.3 is 0 Å². The summed E-state index contributed by atoms with van der Waals surface area (Å²) in [5, 5.41) is 13.0. The van der Waals surface area contributed by atoms with Crippen molar-refractivity contribution in [3.05, 3.63) is 249 Å². The first-order valence-corrected chi connectivity index (χ1v) is 24.1. The Morgan fingerprint density at radius 2 is 0.719 bits per heavy atom. The summed E-state index contributed by atoms with van der Waals surface area (Å²) in [5.41, 5.74) is 10.6. The number of rotatable bonds is 7. The SMILES string of the molecule is c1ccc(-n2c3ccc(-n4c5ccccc5c5c([Si](c6ccccc6)(c6ccccc6)c6ccccc6)cccc54)cc3c3cccc(-n4c5ccccc5c5ccccc54)c32)cc1. The Kier molecular flexibility index (Phi) is 8.23. The fourth-order valence-corrected chi connectivity index (χ4v) is 16.0. The van der Waals surface area contributed by atoms with E-state index in [1.54, 1.807) is 0 Å². The maximum absolute atomic E-state index is 2.87. The van der Waals surface area contributed by atoms with Crippen molar-refractivity contribution in [3.8, 4) is 17.1 Å². The molecule has 3 aromatic heterocycles. The Balaban J connectivity index is 1.12. The lowest BCUT2D eigenvalue weighted by molar-refractivity contribution is 1.13. The molecule has 13 aromatic rings. The first-order valence-electron chi connectivity index (χ1n) is 22.1. The predicted molar refractivity (Wildman–Crippen MR) is 273 cm³/mol. The third kappa shape index (κ3) is 5.21. The molecule has 0 unspecified atom stereocenters. The molecule has 3 heterocycles. The van der Waals surface area contributed by atoms with Gasteiger partial charge < -0.3 is 13.7 Å². The molecule has 0 saturated carbocycles. The lowest BCUT2D eigenvalue weighted by Gasteiger charge is -2.35. The van der Waals surface area contributed by atoms with Gasteiger partial charge in [0.2, 0.25) is 0 Å². The second kappa shape index (κ2) is 14.5. The molecule has 0 N–H and O–H groups in total. The molecule has 4 heteroatoms. The topological polar surface area (TPSA) is 14.8 Å². The second-order valence-electron chi connectivity index (χ2n) is 16.8. The van der Waals surface area contributed by atoms with E-state index in [0.717, 1.165) is 17.1 Å². The molecule has 0 saturated heterocycles. The van der Waals surface area contributed by atoms with Crippen LogP contribution in [0, 0.1) is 0 Å². The molecule has 0 atom stereocenters. The van der Waals surface area contributed by atoms with Crippen molar-refractivity contribution in [2.45, 2.75) is 0 Å². The van der Waals surface area contributed by atoms with Crippen molar-refractivity contribution >= 4 is 94.2 Å². The third-order valence-corrected chi connectivity index (χ3v) is 18.4. The molecule has 13 rings (SSSR count). The predicted octanol–water partition coefficient (Wildman–Crippen LogP) is 12.4. The minimum absolute atomic E-state index is 1.13. The number of nitrogens with zero attached hydrogens (tertiary/aromatic N) is 3. The van der Waals surface area contributed by atoms with Crippen LogP contribution in [0.5, 0.6) is 0 Å². The van der Waals surface area contributed by atoms with Crippen LogP contribution in [0.2, 0.25) is 0 Å². The van der Waals surface area contributed by atoms with Crippen LogP contribution < -0.4 is 20.7 Å². The molecule has 64 heavy (non-hydrogen) atoms. The number of fused-ring (bicyclic) bond motifs is 9. The highest BCUT2D eigenvalue weighted by Gasteiger charge is 2.43. The monoisotopic (exact) mass is 831 g/mol. The summed E-state index contributed by atoms with van der Waals surface area (Å²) in [4.78, 5) is 0. The molecule has 0 radical (unpaired) electrons. The first-order chi connectivity index (χ1) is 31.8. The van der Waals surface area contributed by atoms with Crippen molar-refractivity contribution in [1.29, 1.82) is 0 Å². The van der Waals surface area contributed by atoms with Crippen molar-refractivity contribution in [3.63, 3.8) is 0 Å². The fraction of sp³-hybridized carbons (Fsp3) is 0. The van der Waals surface area contributed by atoms with E-state index in [-0.39, 0.29) is 0 Å². The number of hydrogen-bond acceptors (Lipinski definition) is 0. The van der Waals surface area contributed by atoms with Gasteiger partial charge in [0.05, 0.1) is 38.8 Å². The smallest absolute Gasteiger partial charge is 0.180 e. The minimum atomic E-state index is -2.87. The highest BCUT2D eigenvalue weighted by molar-refractivity contribution is 7.20. The van der Waals surface area contributed by atoms with E-state index in [1.165, 1.54) is 86.2 Å². The van der Waals surface area contributed by atoms with Gasteiger partial charge in [-0.3, -0.25) is 0 Å². The van der Waals surface area contributed by atoms with E-state index in [1.807, 2.05) is 0 Å². The van der Waals surface area contributed by atoms with Gasteiger partial charge in [0.1, 0.15) is 0 Å². The molecule has 0 aliphatic carbocycles. The van der Waals surface area contributed by atoms with Crippen molar-refractivity contribution in [2.24, 2.45) is 0 Å². The second-order valence-corrected chi connectivity index (χ2v) is 20.6. The molecule has 0 bridgehead atoms. The van der Waals surface area contributed by atoms with Crippen LogP contribution in [-0.4, -0.2) is 21.8 Å². The minimum Gasteiger partial charge on any atom is -0.309 e. The van der Waals surface area contributed by atoms with Crippen LogP contribution in [0.4, 0.5) is 0 Å². The average Bonchev–Trinajstić information content (AvgIpc) is 4.01. The van der Waals surface area contributed by atoms with Crippen LogP contribution in [0.15, 0.2) is 249 Å². The van der Waals surface area contributed by atoms with Gasteiger partial charge in [0.15, 0.2) is 8.07 Å². The van der Waals surface area contributed by atoms with Gasteiger partial charge in [0, 0.05) is 43.7 Å². The van der Waals surface area contributed by atoms with Gasteiger partial charge in [-0.05, 0) is 81.4 Å². The summed E-state index contributed by atoms with van der Waals surface area (Å²) in [6.45, 7) is 0. The van der Waals surface area contributed by atoms with Crippen LogP contribution >= 0.6 is 0 Å². The Morgan fingerprint density at radius 1 is 0.266 bits per heavy atom. The molecule has 0 amide bonds. The molecule has 0 aliphatic heterocycles. The largest absolute Gasteiger partial charge is 0.309 e. The number of benzene rings is 10. The lowest BCUT2D eigenvalue weighted by atomic mass is 10.1. The molecule has 300 valence electrons. The number of para-hydroxylation sites is 5. The van der Waals surface area contributed by atoms with E-state index in [2.05, 4.69) is 262 Å². The van der Waals surface area contributed by atoms with Crippen LogP contribution in [-0.2, 0) is 0 Å². The summed E-state index contributed by atoms with van der Waals surface area (Å²) >= 11 is 0.